The zero-order chi connectivity index (χ0) is 12.1. The summed E-state index contributed by atoms with van der Waals surface area (Å²) in [6.45, 7) is 7.70. The Morgan fingerprint density at radius 1 is 1.33 bits per heavy atom. The second kappa shape index (κ2) is 5.79. The van der Waals surface area contributed by atoms with Crippen molar-refractivity contribution in [2.45, 2.75) is 52.1 Å². The lowest BCUT2D eigenvalue weighted by atomic mass is 10.1. The lowest BCUT2D eigenvalue weighted by Gasteiger charge is -2.23. The molecular formula is C9H23N3O2S. The number of nitrogens with two attached hydrogens (primary N) is 1. The van der Waals surface area contributed by atoms with Crippen LogP contribution in [0.3, 0.4) is 0 Å². The molecule has 0 radical (unpaired) electrons. The number of nitrogens with one attached hydrogen (secondary N) is 2. The van der Waals surface area contributed by atoms with Crippen molar-refractivity contribution in [1.29, 1.82) is 0 Å². The van der Waals surface area contributed by atoms with Gasteiger partial charge in [0.1, 0.15) is 0 Å². The highest BCUT2D eigenvalue weighted by molar-refractivity contribution is 7.87. The Kier molecular flexibility index (Phi) is 5.72. The van der Waals surface area contributed by atoms with Crippen molar-refractivity contribution in [1.82, 2.24) is 9.44 Å². The van der Waals surface area contributed by atoms with Crippen LogP contribution in [0.4, 0.5) is 0 Å². The van der Waals surface area contributed by atoms with Crippen LogP contribution in [0.15, 0.2) is 0 Å². The minimum Gasteiger partial charge on any atom is -0.329 e. The molecule has 6 heteroatoms. The summed E-state index contributed by atoms with van der Waals surface area (Å²) in [5.41, 5.74) is 5.00. The van der Waals surface area contributed by atoms with E-state index in [-0.39, 0.29) is 6.04 Å². The van der Waals surface area contributed by atoms with Gasteiger partial charge in [-0.1, -0.05) is 13.3 Å². The van der Waals surface area contributed by atoms with Crippen molar-refractivity contribution in [3.05, 3.63) is 0 Å². The van der Waals surface area contributed by atoms with E-state index in [4.69, 9.17) is 5.73 Å². The van der Waals surface area contributed by atoms with Crippen molar-refractivity contribution < 1.29 is 8.42 Å². The van der Waals surface area contributed by atoms with Crippen LogP contribution < -0.4 is 15.2 Å². The van der Waals surface area contributed by atoms with E-state index in [0.717, 1.165) is 12.8 Å². The molecule has 0 heterocycles. The van der Waals surface area contributed by atoms with Crippen LogP contribution in [0.25, 0.3) is 0 Å². The van der Waals surface area contributed by atoms with Crippen LogP contribution in [-0.4, -0.2) is 26.5 Å². The Hall–Kier alpha value is -0.170. The molecule has 0 aliphatic heterocycles. The number of hydrogen-bond donors (Lipinski definition) is 3. The Balaban J connectivity index is 4.36. The molecular weight excluding hydrogens is 214 g/mol. The van der Waals surface area contributed by atoms with Crippen LogP contribution in [0.1, 0.15) is 40.5 Å². The van der Waals surface area contributed by atoms with Gasteiger partial charge in [0.15, 0.2) is 0 Å². The Morgan fingerprint density at radius 3 is 2.20 bits per heavy atom. The van der Waals surface area contributed by atoms with Gasteiger partial charge in [-0.2, -0.15) is 17.9 Å². The summed E-state index contributed by atoms with van der Waals surface area (Å²) < 4.78 is 28.3. The molecule has 1 atom stereocenters. The average molecular weight is 237 g/mol. The third kappa shape index (κ3) is 7.72. The molecule has 15 heavy (non-hydrogen) atoms. The largest absolute Gasteiger partial charge is 0.329 e. The minimum atomic E-state index is -3.45. The van der Waals surface area contributed by atoms with Crippen molar-refractivity contribution in [2.24, 2.45) is 5.73 Å². The third-order valence-electron chi connectivity index (χ3n) is 1.68. The summed E-state index contributed by atoms with van der Waals surface area (Å²) in [6, 6.07) is -0.185. The highest BCUT2D eigenvalue weighted by Gasteiger charge is 2.22. The maximum absolute atomic E-state index is 11.6. The number of rotatable bonds is 6. The maximum Gasteiger partial charge on any atom is 0.277 e. The van der Waals surface area contributed by atoms with Gasteiger partial charge >= 0.3 is 0 Å². The van der Waals surface area contributed by atoms with Crippen LogP contribution in [0.2, 0.25) is 0 Å². The minimum absolute atomic E-state index is 0.185. The van der Waals surface area contributed by atoms with Crippen LogP contribution in [-0.2, 0) is 10.2 Å². The molecule has 0 rings (SSSR count). The molecule has 0 aromatic rings. The first kappa shape index (κ1) is 14.8. The van der Waals surface area contributed by atoms with Gasteiger partial charge in [-0.3, -0.25) is 0 Å². The fraction of sp³-hybridized carbons (Fsp3) is 1.00. The van der Waals surface area contributed by atoms with E-state index in [2.05, 4.69) is 9.44 Å². The SMILES string of the molecule is CCCC(CN)NS(=O)(=O)NC(C)(C)C. The monoisotopic (exact) mass is 237 g/mol. The van der Waals surface area contributed by atoms with Gasteiger partial charge in [0.25, 0.3) is 10.2 Å². The molecule has 0 bridgehead atoms. The average Bonchev–Trinajstić information content (AvgIpc) is 1.98. The van der Waals surface area contributed by atoms with Crippen molar-refractivity contribution in [3.63, 3.8) is 0 Å². The van der Waals surface area contributed by atoms with Gasteiger partial charge in [-0.15, -0.1) is 0 Å². The van der Waals surface area contributed by atoms with E-state index in [1.54, 1.807) is 20.8 Å². The summed E-state index contributed by atoms with van der Waals surface area (Å²) in [5, 5.41) is 0. The summed E-state index contributed by atoms with van der Waals surface area (Å²) in [7, 11) is -3.45. The second-order valence-electron chi connectivity index (χ2n) is 4.69. The standard InChI is InChI=1S/C9H23N3O2S/c1-5-6-8(7-10)11-15(13,14)12-9(2,3)4/h8,11-12H,5-7,10H2,1-4H3. The Morgan fingerprint density at radius 2 is 1.87 bits per heavy atom. The zero-order valence-electron chi connectivity index (χ0n) is 10.0. The highest BCUT2D eigenvalue weighted by atomic mass is 32.2. The lowest BCUT2D eigenvalue weighted by molar-refractivity contribution is 0.467. The molecule has 0 aliphatic carbocycles. The van der Waals surface area contributed by atoms with Gasteiger partial charge in [-0.25, -0.2) is 0 Å². The molecule has 5 nitrogen and oxygen atoms in total. The first-order chi connectivity index (χ1) is 6.70. The summed E-state index contributed by atoms with van der Waals surface area (Å²) in [6.07, 6.45) is 1.65. The summed E-state index contributed by atoms with van der Waals surface area (Å²) >= 11 is 0. The van der Waals surface area contributed by atoms with E-state index in [1.165, 1.54) is 0 Å². The fourth-order valence-corrected chi connectivity index (χ4v) is 2.74. The summed E-state index contributed by atoms with van der Waals surface area (Å²) in [5.74, 6) is 0. The van der Waals surface area contributed by atoms with Crippen LogP contribution >= 0.6 is 0 Å². The third-order valence-corrected chi connectivity index (χ3v) is 3.21. The van der Waals surface area contributed by atoms with Crippen molar-refractivity contribution in [3.8, 4) is 0 Å². The van der Waals surface area contributed by atoms with E-state index in [1.807, 2.05) is 6.92 Å². The maximum atomic E-state index is 11.6. The zero-order valence-corrected chi connectivity index (χ0v) is 10.8. The molecule has 0 fully saturated rings. The highest BCUT2D eigenvalue weighted by Crippen LogP contribution is 2.02. The molecule has 0 aromatic heterocycles. The van der Waals surface area contributed by atoms with Crippen molar-refractivity contribution >= 4 is 10.2 Å². The molecule has 0 aliphatic rings. The predicted molar refractivity (Wildman–Crippen MR) is 62.7 cm³/mol. The normalized spacial score (nSPS) is 15.3. The molecule has 0 saturated carbocycles. The van der Waals surface area contributed by atoms with Gasteiger partial charge in [-0.05, 0) is 27.2 Å². The van der Waals surface area contributed by atoms with E-state index >= 15 is 0 Å². The molecule has 1 unspecified atom stereocenters. The lowest BCUT2D eigenvalue weighted by Crippen LogP contribution is -2.51. The van der Waals surface area contributed by atoms with Gasteiger partial charge in [0, 0.05) is 18.1 Å². The van der Waals surface area contributed by atoms with Crippen LogP contribution in [0, 0.1) is 0 Å². The first-order valence-corrected chi connectivity index (χ1v) is 6.70. The molecule has 0 aromatic carbocycles. The van der Waals surface area contributed by atoms with Crippen LogP contribution in [0.5, 0.6) is 0 Å². The van der Waals surface area contributed by atoms with E-state index < -0.39 is 15.7 Å². The second-order valence-corrected chi connectivity index (χ2v) is 6.14. The topological polar surface area (TPSA) is 84.2 Å². The van der Waals surface area contributed by atoms with E-state index in [0.29, 0.717) is 6.54 Å². The van der Waals surface area contributed by atoms with Gasteiger partial charge in [0.2, 0.25) is 0 Å². The smallest absolute Gasteiger partial charge is 0.277 e. The van der Waals surface area contributed by atoms with Crippen molar-refractivity contribution in [2.75, 3.05) is 6.54 Å². The first-order valence-electron chi connectivity index (χ1n) is 5.21. The molecule has 0 spiro atoms. The van der Waals surface area contributed by atoms with E-state index in [9.17, 15) is 8.42 Å². The Bertz CT molecular complexity index is 270. The quantitative estimate of drug-likeness (QED) is 0.622. The number of hydrogen-bond acceptors (Lipinski definition) is 3. The van der Waals surface area contributed by atoms with Gasteiger partial charge in [0.05, 0.1) is 0 Å². The molecule has 0 amide bonds. The Labute approximate surface area is 93.0 Å². The summed E-state index contributed by atoms with van der Waals surface area (Å²) in [4.78, 5) is 0. The fourth-order valence-electron chi connectivity index (χ4n) is 1.23. The predicted octanol–water partition coefficient (Wildman–Crippen LogP) is 0.336. The molecule has 4 N–H and O–H groups in total. The molecule has 0 saturated heterocycles. The molecule has 92 valence electrons. The van der Waals surface area contributed by atoms with Gasteiger partial charge < -0.3 is 5.73 Å².